The molecule has 0 spiro atoms. The molecule has 5 nitrogen and oxygen atoms in total. The molecule has 1 atom stereocenters. The lowest BCUT2D eigenvalue weighted by atomic mass is 9.90. The van der Waals surface area contributed by atoms with Gasteiger partial charge in [0.1, 0.15) is 9.23 Å². The second-order valence-electron chi connectivity index (χ2n) is 4.64. The molecule has 1 aliphatic heterocycles. The van der Waals surface area contributed by atoms with Gasteiger partial charge in [0.25, 0.3) is 0 Å². The van der Waals surface area contributed by atoms with Gasteiger partial charge in [-0.15, -0.1) is 11.3 Å². The number of rotatable bonds is 3. The van der Waals surface area contributed by atoms with E-state index in [2.05, 4.69) is 0 Å². The standard InChI is InChI=1S/C10H11Cl2NO4S2/c1-10(9(14)15)2-3-13(5-10)19(16,17)6-4-7(11)18-8(6)12/h4H,2-3,5H2,1H3,(H,14,15). The highest BCUT2D eigenvalue weighted by molar-refractivity contribution is 7.89. The van der Waals surface area contributed by atoms with E-state index in [-0.39, 0.29) is 33.1 Å². The molecule has 2 rings (SSSR count). The average Bonchev–Trinajstić information content (AvgIpc) is 2.84. The molecule has 0 radical (unpaired) electrons. The Labute approximate surface area is 124 Å². The zero-order valence-electron chi connectivity index (χ0n) is 9.89. The second-order valence-corrected chi connectivity index (χ2v) is 8.83. The lowest BCUT2D eigenvalue weighted by molar-refractivity contribution is -0.146. The van der Waals surface area contributed by atoms with Crippen LogP contribution in [0, 0.1) is 5.41 Å². The summed E-state index contributed by atoms with van der Waals surface area (Å²) in [6.07, 6.45) is 0.275. The lowest BCUT2D eigenvalue weighted by Gasteiger charge is -2.19. The Bertz CT molecular complexity index is 627. The monoisotopic (exact) mass is 343 g/mol. The molecule has 0 aliphatic carbocycles. The first-order chi connectivity index (χ1) is 8.67. The third kappa shape index (κ3) is 2.62. The summed E-state index contributed by atoms with van der Waals surface area (Å²) in [6.45, 7) is 1.64. The topological polar surface area (TPSA) is 74.7 Å². The van der Waals surface area contributed by atoms with E-state index in [1.165, 1.54) is 13.0 Å². The summed E-state index contributed by atoms with van der Waals surface area (Å²) in [5, 5.41) is 9.12. The molecular weight excluding hydrogens is 333 g/mol. The van der Waals surface area contributed by atoms with E-state index in [4.69, 9.17) is 28.3 Å². The average molecular weight is 344 g/mol. The van der Waals surface area contributed by atoms with Gasteiger partial charge in [-0.2, -0.15) is 4.31 Å². The van der Waals surface area contributed by atoms with Crippen LogP contribution < -0.4 is 0 Å². The smallest absolute Gasteiger partial charge is 0.310 e. The Balaban J connectivity index is 2.33. The number of carbonyl (C=O) groups is 1. The number of nitrogens with zero attached hydrogens (tertiary/aromatic N) is 1. The van der Waals surface area contributed by atoms with Crippen molar-refractivity contribution in [1.29, 1.82) is 0 Å². The number of carboxylic acid groups (broad SMARTS) is 1. The largest absolute Gasteiger partial charge is 0.481 e. The number of hydrogen-bond acceptors (Lipinski definition) is 4. The molecule has 2 heterocycles. The highest BCUT2D eigenvalue weighted by Crippen LogP contribution is 2.39. The number of halogens is 2. The van der Waals surface area contributed by atoms with Crippen molar-refractivity contribution in [3.8, 4) is 0 Å². The molecule has 1 N–H and O–H groups in total. The quantitative estimate of drug-likeness (QED) is 0.914. The van der Waals surface area contributed by atoms with Crippen LogP contribution in [0.15, 0.2) is 11.0 Å². The lowest BCUT2D eigenvalue weighted by Crippen LogP contribution is -2.34. The van der Waals surface area contributed by atoms with Gasteiger partial charge in [0.05, 0.1) is 9.75 Å². The van der Waals surface area contributed by atoms with Gasteiger partial charge in [0, 0.05) is 13.1 Å². The van der Waals surface area contributed by atoms with Crippen molar-refractivity contribution in [1.82, 2.24) is 4.31 Å². The van der Waals surface area contributed by atoms with E-state index in [0.717, 1.165) is 15.6 Å². The predicted molar refractivity (Wildman–Crippen MR) is 73.5 cm³/mol. The molecule has 1 aliphatic rings. The molecule has 0 aromatic carbocycles. The van der Waals surface area contributed by atoms with Crippen molar-refractivity contribution in [3.63, 3.8) is 0 Å². The van der Waals surface area contributed by atoms with Crippen molar-refractivity contribution in [3.05, 3.63) is 14.7 Å². The zero-order chi connectivity index (χ0) is 14.4. The highest BCUT2D eigenvalue weighted by Gasteiger charge is 2.45. The van der Waals surface area contributed by atoms with Gasteiger partial charge in [0.15, 0.2) is 0 Å². The van der Waals surface area contributed by atoms with Crippen molar-refractivity contribution in [2.45, 2.75) is 18.2 Å². The number of carboxylic acids is 1. The first-order valence-corrected chi connectivity index (χ1v) is 8.36. The van der Waals surface area contributed by atoms with Crippen LogP contribution in [0.4, 0.5) is 0 Å². The fraction of sp³-hybridized carbons (Fsp3) is 0.500. The van der Waals surface area contributed by atoms with Crippen LogP contribution >= 0.6 is 34.5 Å². The summed E-state index contributed by atoms with van der Waals surface area (Å²) in [5.41, 5.74) is -1.06. The molecule has 1 fully saturated rings. The maximum atomic E-state index is 12.4. The van der Waals surface area contributed by atoms with Crippen LogP contribution in [0.2, 0.25) is 8.67 Å². The van der Waals surface area contributed by atoms with Crippen molar-refractivity contribution < 1.29 is 18.3 Å². The summed E-state index contributed by atoms with van der Waals surface area (Å²) in [6, 6.07) is 1.29. The van der Waals surface area contributed by atoms with E-state index >= 15 is 0 Å². The normalized spacial score (nSPS) is 24.8. The van der Waals surface area contributed by atoms with E-state index < -0.39 is 21.4 Å². The minimum absolute atomic E-state index is 0.0567. The summed E-state index contributed by atoms with van der Waals surface area (Å²) < 4.78 is 26.3. The fourth-order valence-corrected chi connectivity index (χ4v) is 5.62. The summed E-state index contributed by atoms with van der Waals surface area (Å²) in [5.74, 6) is -1.00. The van der Waals surface area contributed by atoms with E-state index in [9.17, 15) is 13.2 Å². The zero-order valence-corrected chi connectivity index (χ0v) is 13.0. The molecular formula is C10H11Cl2NO4S2. The first-order valence-electron chi connectivity index (χ1n) is 5.35. The number of aliphatic carboxylic acids is 1. The van der Waals surface area contributed by atoms with Gasteiger partial charge >= 0.3 is 5.97 Å². The second kappa shape index (κ2) is 4.89. The highest BCUT2D eigenvalue weighted by atomic mass is 35.5. The van der Waals surface area contributed by atoms with E-state index in [1.807, 2.05) is 0 Å². The van der Waals surface area contributed by atoms with Crippen LogP contribution in [0.5, 0.6) is 0 Å². The molecule has 0 saturated carbocycles. The number of hydrogen-bond donors (Lipinski definition) is 1. The maximum Gasteiger partial charge on any atom is 0.310 e. The Morgan fingerprint density at radius 3 is 2.58 bits per heavy atom. The van der Waals surface area contributed by atoms with E-state index in [0.29, 0.717) is 0 Å². The van der Waals surface area contributed by atoms with E-state index in [1.54, 1.807) is 0 Å². The Kier molecular flexibility index (Phi) is 3.88. The van der Waals surface area contributed by atoms with Gasteiger partial charge in [-0.3, -0.25) is 4.79 Å². The van der Waals surface area contributed by atoms with Crippen molar-refractivity contribution in [2.24, 2.45) is 5.41 Å². The molecule has 0 bridgehead atoms. The molecule has 1 aromatic heterocycles. The third-order valence-corrected chi connectivity index (χ3v) is 6.80. The number of sulfonamides is 1. The fourth-order valence-electron chi connectivity index (χ4n) is 1.94. The minimum Gasteiger partial charge on any atom is -0.481 e. The number of thiophene rings is 1. The molecule has 106 valence electrons. The maximum absolute atomic E-state index is 12.4. The van der Waals surface area contributed by atoms with Crippen LogP contribution in [-0.2, 0) is 14.8 Å². The molecule has 1 aromatic rings. The Morgan fingerprint density at radius 2 is 2.16 bits per heavy atom. The summed E-state index contributed by atoms with van der Waals surface area (Å²) >= 11 is 12.6. The molecule has 19 heavy (non-hydrogen) atoms. The van der Waals surface area contributed by atoms with Crippen LogP contribution in [0.3, 0.4) is 0 Å². The van der Waals surface area contributed by atoms with Gasteiger partial charge in [-0.1, -0.05) is 23.2 Å². The predicted octanol–water partition coefficient (Wildman–Crippen LogP) is 2.54. The molecule has 1 saturated heterocycles. The Morgan fingerprint density at radius 1 is 1.53 bits per heavy atom. The van der Waals surface area contributed by atoms with Gasteiger partial charge < -0.3 is 5.11 Å². The SMILES string of the molecule is CC1(C(=O)O)CCN(S(=O)(=O)c2cc(Cl)sc2Cl)C1. The van der Waals surface area contributed by atoms with Crippen molar-refractivity contribution >= 4 is 50.5 Å². The van der Waals surface area contributed by atoms with Gasteiger partial charge in [-0.25, -0.2) is 8.42 Å². The minimum atomic E-state index is -3.79. The van der Waals surface area contributed by atoms with Crippen LogP contribution in [0.1, 0.15) is 13.3 Å². The molecule has 0 amide bonds. The summed E-state index contributed by atoms with van der Waals surface area (Å²) in [7, 11) is -3.79. The van der Waals surface area contributed by atoms with Crippen LogP contribution in [-0.4, -0.2) is 36.9 Å². The van der Waals surface area contributed by atoms with Gasteiger partial charge in [-0.05, 0) is 19.4 Å². The van der Waals surface area contributed by atoms with Crippen LogP contribution in [0.25, 0.3) is 0 Å². The molecule has 9 heteroatoms. The van der Waals surface area contributed by atoms with Crippen molar-refractivity contribution in [2.75, 3.05) is 13.1 Å². The Hall–Kier alpha value is -0.340. The molecule has 1 unspecified atom stereocenters. The van der Waals surface area contributed by atoms with Gasteiger partial charge in [0.2, 0.25) is 10.0 Å². The summed E-state index contributed by atoms with van der Waals surface area (Å²) in [4.78, 5) is 11.1. The first kappa shape index (κ1) is 15.1. The third-order valence-electron chi connectivity index (χ3n) is 3.20.